The average molecular weight is 677 g/mol. The quantitative estimate of drug-likeness (QED) is 0.107. The van der Waals surface area contributed by atoms with Crippen molar-refractivity contribution in [2.75, 3.05) is 0 Å². The lowest BCUT2D eigenvalue weighted by Gasteiger charge is -2.39. The third kappa shape index (κ3) is 5.28. The molecule has 0 saturated carbocycles. The Morgan fingerprint density at radius 1 is 0.820 bits per heavy atom. The van der Waals surface area contributed by atoms with Crippen LogP contribution >= 0.6 is 0 Å². The molecule has 10 nitrogen and oxygen atoms in total. The molecule has 2 aliphatic carbocycles. The third-order valence-corrected chi connectivity index (χ3v) is 10.0. The fourth-order valence-electron chi connectivity index (χ4n) is 7.79. The van der Waals surface area contributed by atoms with E-state index in [1.54, 1.807) is 12.1 Å². The molecule has 0 fully saturated rings. The molecule has 7 rings (SSSR count). The second-order valence-corrected chi connectivity index (χ2v) is 13.7. The van der Waals surface area contributed by atoms with Crippen LogP contribution in [0.5, 0.6) is 46.0 Å². The summed E-state index contributed by atoms with van der Waals surface area (Å²) >= 11 is 0. The van der Waals surface area contributed by atoms with Crippen LogP contribution in [0.3, 0.4) is 0 Å². The fourth-order valence-corrected chi connectivity index (χ4v) is 7.79. The summed E-state index contributed by atoms with van der Waals surface area (Å²) in [4.78, 5) is 28.1. The highest BCUT2D eigenvalue weighted by Gasteiger charge is 2.45. The average Bonchev–Trinajstić information content (AvgIpc) is 3.02. The van der Waals surface area contributed by atoms with E-state index in [-0.39, 0.29) is 80.7 Å². The molecule has 7 N–H and O–H groups in total. The zero-order chi connectivity index (χ0) is 35.8. The third-order valence-electron chi connectivity index (χ3n) is 10.0. The van der Waals surface area contributed by atoms with E-state index in [0.29, 0.717) is 17.5 Å². The van der Waals surface area contributed by atoms with Gasteiger partial charge in [-0.05, 0) is 81.0 Å². The first kappa shape index (κ1) is 32.6. The Kier molecular flexibility index (Phi) is 7.77. The van der Waals surface area contributed by atoms with E-state index in [1.807, 2.05) is 32.9 Å². The molecule has 1 aliphatic heterocycles. The SMILES string of the molecule is CC(C)=CCc1c(O)cc2c(c1O)C(=O)C1C(c3c(O)ccc(C4CC(=O)c5c(O)cc(O)cc5O4)c3O)C=C(C)CC1c1cc(O)cc-2c1. The number of hydrogen-bond donors (Lipinski definition) is 7. The summed E-state index contributed by atoms with van der Waals surface area (Å²) in [7, 11) is 0. The maximum absolute atomic E-state index is 15.0. The van der Waals surface area contributed by atoms with E-state index >= 15 is 0 Å². The number of carbonyl (C=O) groups is 2. The molecule has 4 aromatic rings. The van der Waals surface area contributed by atoms with E-state index in [0.717, 1.165) is 17.2 Å². The number of carbonyl (C=O) groups excluding carboxylic acids is 2. The van der Waals surface area contributed by atoms with Crippen molar-refractivity contribution in [3.63, 3.8) is 0 Å². The molecule has 0 spiro atoms. The topological polar surface area (TPSA) is 185 Å². The Morgan fingerprint density at radius 3 is 2.30 bits per heavy atom. The van der Waals surface area contributed by atoms with E-state index in [4.69, 9.17) is 4.74 Å². The predicted octanol–water partition coefficient (Wildman–Crippen LogP) is 7.54. The number of ether oxygens (including phenoxy) is 1. The van der Waals surface area contributed by atoms with E-state index in [2.05, 4.69) is 0 Å². The molecular weight excluding hydrogens is 640 g/mol. The highest BCUT2D eigenvalue weighted by Crippen LogP contribution is 2.56. The van der Waals surface area contributed by atoms with Crippen LogP contribution < -0.4 is 4.74 Å². The van der Waals surface area contributed by atoms with Crippen LogP contribution in [-0.4, -0.2) is 47.3 Å². The number of fused-ring (bicyclic) bond motifs is 7. The van der Waals surface area contributed by atoms with Crippen LogP contribution in [0, 0.1) is 5.92 Å². The number of Topliss-reactive ketones (excluding diaryl/α,β-unsaturated/α-hetero) is 2. The summed E-state index contributed by atoms with van der Waals surface area (Å²) in [6.07, 6.45) is 2.85. The smallest absolute Gasteiger partial charge is 0.174 e. The van der Waals surface area contributed by atoms with Gasteiger partial charge in [0.1, 0.15) is 57.7 Å². The van der Waals surface area contributed by atoms with Crippen molar-refractivity contribution in [1.82, 2.24) is 0 Å². The van der Waals surface area contributed by atoms with Gasteiger partial charge in [-0.2, -0.15) is 0 Å². The normalized spacial score (nSPS) is 20.7. The molecule has 0 saturated heterocycles. The van der Waals surface area contributed by atoms with Crippen molar-refractivity contribution >= 4 is 11.6 Å². The first-order valence-electron chi connectivity index (χ1n) is 16.3. The lowest BCUT2D eigenvalue weighted by Crippen LogP contribution is -2.33. The number of aromatic hydroxyl groups is 7. The minimum Gasteiger partial charge on any atom is -0.508 e. The molecule has 4 aromatic carbocycles. The number of phenolic OH excluding ortho intramolecular Hbond substituents is 7. The molecule has 50 heavy (non-hydrogen) atoms. The maximum atomic E-state index is 15.0. The van der Waals surface area contributed by atoms with Crippen molar-refractivity contribution in [2.24, 2.45) is 5.92 Å². The summed E-state index contributed by atoms with van der Waals surface area (Å²) in [6.45, 7) is 5.62. The highest BCUT2D eigenvalue weighted by molar-refractivity contribution is 6.09. The van der Waals surface area contributed by atoms with Gasteiger partial charge in [-0.25, -0.2) is 0 Å². The van der Waals surface area contributed by atoms with Gasteiger partial charge >= 0.3 is 0 Å². The summed E-state index contributed by atoms with van der Waals surface area (Å²) in [5.41, 5.74) is 3.27. The number of phenols is 7. The van der Waals surface area contributed by atoms with Gasteiger partial charge in [0.25, 0.3) is 0 Å². The van der Waals surface area contributed by atoms with Crippen molar-refractivity contribution < 1.29 is 50.1 Å². The van der Waals surface area contributed by atoms with Crippen LogP contribution in [0.25, 0.3) is 11.1 Å². The van der Waals surface area contributed by atoms with Crippen LogP contribution in [0.4, 0.5) is 0 Å². The maximum Gasteiger partial charge on any atom is 0.174 e. The Morgan fingerprint density at radius 2 is 1.56 bits per heavy atom. The Labute approximate surface area is 287 Å². The van der Waals surface area contributed by atoms with Crippen molar-refractivity contribution in [3.05, 3.63) is 105 Å². The van der Waals surface area contributed by atoms with E-state index in [1.165, 1.54) is 30.3 Å². The second kappa shape index (κ2) is 11.9. The van der Waals surface area contributed by atoms with Gasteiger partial charge in [0.15, 0.2) is 11.6 Å². The molecule has 3 aliphatic rings. The van der Waals surface area contributed by atoms with Crippen molar-refractivity contribution in [1.29, 1.82) is 0 Å². The molecule has 0 amide bonds. The molecule has 1 heterocycles. The number of rotatable bonds is 4. The molecule has 4 atom stereocenters. The zero-order valence-corrected chi connectivity index (χ0v) is 27.6. The zero-order valence-electron chi connectivity index (χ0n) is 27.6. The number of benzene rings is 4. The van der Waals surface area contributed by atoms with Crippen LogP contribution in [0.15, 0.2) is 71.8 Å². The summed E-state index contributed by atoms with van der Waals surface area (Å²) in [5, 5.41) is 77.2. The molecule has 0 radical (unpaired) electrons. The lowest BCUT2D eigenvalue weighted by molar-refractivity contribution is 0.0841. The van der Waals surface area contributed by atoms with Gasteiger partial charge in [-0.3, -0.25) is 9.59 Å². The van der Waals surface area contributed by atoms with Gasteiger partial charge in [0.2, 0.25) is 0 Å². The standard InChI is InChI=1S/C40H36O10/c1-17(2)4-5-23-29(44)15-26-20-10-19(11-21(41)12-20)25-8-18(3)9-27(34(25)40(49)36(26)38(23)47)35-28(43)7-6-24(39(35)48)32-16-31(46)37-30(45)13-22(42)14-33(37)50-32/h4,6-7,9-15,25,27,32,34,41-45,47-48H,5,8,16H2,1-3H3. The highest BCUT2D eigenvalue weighted by atomic mass is 16.5. The van der Waals surface area contributed by atoms with Crippen LogP contribution in [0.1, 0.15) is 94.5 Å². The molecular formula is C40H36O10. The molecule has 256 valence electrons. The largest absolute Gasteiger partial charge is 0.508 e. The Hall–Kier alpha value is -5.90. The molecule has 10 heteroatoms. The minimum atomic E-state index is -1.06. The summed E-state index contributed by atoms with van der Waals surface area (Å²) in [6, 6.07) is 11.3. The van der Waals surface area contributed by atoms with Gasteiger partial charge in [0.05, 0.1) is 12.0 Å². The van der Waals surface area contributed by atoms with Gasteiger partial charge in [-0.15, -0.1) is 0 Å². The van der Waals surface area contributed by atoms with E-state index in [9.17, 15) is 45.3 Å². The number of hydrogen-bond acceptors (Lipinski definition) is 10. The van der Waals surface area contributed by atoms with Crippen LogP contribution in [0.2, 0.25) is 0 Å². The number of allylic oxidation sites excluding steroid dienone is 4. The Balaban J connectivity index is 1.41. The van der Waals surface area contributed by atoms with Gasteiger partial charge < -0.3 is 40.5 Å². The fraction of sp³-hybridized carbons (Fsp3) is 0.250. The Bertz CT molecular complexity index is 2190. The van der Waals surface area contributed by atoms with Crippen molar-refractivity contribution in [2.45, 2.75) is 58.0 Å². The van der Waals surface area contributed by atoms with Gasteiger partial charge in [-0.1, -0.05) is 29.4 Å². The molecule has 0 aromatic heterocycles. The molecule has 2 bridgehead atoms. The summed E-state index contributed by atoms with van der Waals surface area (Å²) in [5.74, 6) is -5.69. The minimum absolute atomic E-state index is 0.0102. The summed E-state index contributed by atoms with van der Waals surface area (Å²) < 4.78 is 6.01. The predicted molar refractivity (Wildman–Crippen MR) is 184 cm³/mol. The lowest BCUT2D eigenvalue weighted by atomic mass is 9.63. The molecule has 4 unspecified atom stereocenters. The first-order valence-corrected chi connectivity index (χ1v) is 16.3. The monoisotopic (exact) mass is 676 g/mol. The van der Waals surface area contributed by atoms with E-state index < -0.39 is 46.9 Å². The van der Waals surface area contributed by atoms with Crippen LogP contribution in [-0.2, 0) is 6.42 Å². The second-order valence-electron chi connectivity index (χ2n) is 13.7. The number of ketones is 2. The first-order chi connectivity index (χ1) is 23.7. The van der Waals surface area contributed by atoms with Crippen molar-refractivity contribution in [3.8, 4) is 57.1 Å². The van der Waals surface area contributed by atoms with Gasteiger partial charge in [0, 0.05) is 46.2 Å².